The molecule has 0 radical (unpaired) electrons. The van der Waals surface area contributed by atoms with Gasteiger partial charge in [0.05, 0.1) is 7.11 Å². The van der Waals surface area contributed by atoms with Gasteiger partial charge in [0, 0.05) is 12.2 Å². The van der Waals surface area contributed by atoms with Crippen molar-refractivity contribution in [2.75, 3.05) is 13.7 Å². The maximum absolute atomic E-state index is 5.29. The van der Waals surface area contributed by atoms with Crippen LogP contribution in [0.1, 0.15) is 25.0 Å². The van der Waals surface area contributed by atoms with Crippen molar-refractivity contribution in [3.8, 4) is 5.75 Å². The van der Waals surface area contributed by atoms with E-state index in [-0.39, 0.29) is 0 Å². The van der Waals surface area contributed by atoms with Gasteiger partial charge in [-0.2, -0.15) is 0 Å². The largest absolute Gasteiger partial charge is 0.496 e. The van der Waals surface area contributed by atoms with Crippen LogP contribution in [-0.2, 0) is 6.42 Å². The molecule has 2 nitrogen and oxygen atoms in total. The Morgan fingerprint density at radius 1 is 1.40 bits per heavy atom. The molecule has 0 aliphatic carbocycles. The van der Waals surface area contributed by atoms with Gasteiger partial charge in [-0.05, 0) is 42.4 Å². The minimum absolute atomic E-state index is 0.403. The summed E-state index contributed by atoms with van der Waals surface area (Å²) in [5.74, 6) is 1.81. The smallest absolute Gasteiger partial charge is 0.121 e. The molecular formula is C18H27NO. The molecular weight excluding hydrogens is 246 g/mol. The van der Waals surface area contributed by atoms with Gasteiger partial charge in [0.2, 0.25) is 0 Å². The van der Waals surface area contributed by atoms with Gasteiger partial charge in [-0.1, -0.05) is 38.6 Å². The zero-order valence-corrected chi connectivity index (χ0v) is 13.2. The van der Waals surface area contributed by atoms with Gasteiger partial charge in [0.1, 0.15) is 5.75 Å². The van der Waals surface area contributed by atoms with Gasteiger partial charge in [-0.25, -0.2) is 0 Å². The van der Waals surface area contributed by atoms with Crippen molar-refractivity contribution in [3.05, 3.63) is 54.3 Å². The lowest BCUT2D eigenvalue weighted by atomic mass is 9.97. The van der Waals surface area contributed by atoms with E-state index in [1.165, 1.54) is 11.1 Å². The normalized spacial score (nSPS) is 13.4. The molecule has 0 aliphatic rings. The minimum atomic E-state index is 0.403. The monoisotopic (exact) mass is 273 g/mol. The van der Waals surface area contributed by atoms with Crippen LogP contribution in [-0.4, -0.2) is 13.7 Å². The van der Waals surface area contributed by atoms with Crippen molar-refractivity contribution in [1.82, 2.24) is 5.32 Å². The van der Waals surface area contributed by atoms with Crippen LogP contribution in [0.25, 0.3) is 0 Å². The van der Waals surface area contributed by atoms with Crippen LogP contribution in [0.2, 0.25) is 0 Å². The molecule has 0 saturated heterocycles. The van der Waals surface area contributed by atoms with E-state index in [1.54, 1.807) is 7.11 Å². The summed E-state index contributed by atoms with van der Waals surface area (Å²) in [6.07, 6.45) is 2.94. The zero-order chi connectivity index (χ0) is 15.1. The Hall–Kier alpha value is -1.70. The number of nitrogens with one attached hydrogen (secondary N) is 1. The second kappa shape index (κ2) is 7.78. The summed E-state index contributed by atoms with van der Waals surface area (Å²) in [6.45, 7) is 15.3. The highest BCUT2D eigenvalue weighted by atomic mass is 16.5. The predicted molar refractivity (Wildman–Crippen MR) is 87.1 cm³/mol. The Balaban J connectivity index is 2.57. The lowest BCUT2D eigenvalue weighted by molar-refractivity contribution is 0.411. The standard InChI is InChI=1S/C18H27NO/c1-7-13(2)12-19-16(5)14(3)10-17-8-9-18(20-6)15(4)11-17/h7-9,11,13-14,19H,1,5,10,12H2,2-4,6H3/t13-,14+/m0/s1. The average molecular weight is 273 g/mol. The zero-order valence-electron chi connectivity index (χ0n) is 13.2. The first kappa shape index (κ1) is 16.4. The van der Waals surface area contributed by atoms with Gasteiger partial charge in [-0.3, -0.25) is 0 Å². The lowest BCUT2D eigenvalue weighted by Gasteiger charge is -2.19. The molecule has 0 saturated carbocycles. The molecule has 0 bridgehead atoms. The van der Waals surface area contributed by atoms with Gasteiger partial charge in [-0.15, -0.1) is 6.58 Å². The first-order chi connectivity index (χ1) is 9.47. The minimum Gasteiger partial charge on any atom is -0.496 e. The third-order valence-electron chi connectivity index (χ3n) is 3.65. The number of hydrogen-bond donors (Lipinski definition) is 1. The molecule has 110 valence electrons. The lowest BCUT2D eigenvalue weighted by Crippen LogP contribution is -2.23. The molecule has 1 aromatic rings. The molecule has 0 heterocycles. The maximum Gasteiger partial charge on any atom is 0.121 e. The second-order valence-corrected chi connectivity index (χ2v) is 5.53. The third-order valence-corrected chi connectivity index (χ3v) is 3.65. The van der Waals surface area contributed by atoms with Crippen LogP contribution in [0.5, 0.6) is 5.75 Å². The molecule has 0 unspecified atom stereocenters. The summed E-state index contributed by atoms with van der Waals surface area (Å²) in [7, 11) is 1.71. The van der Waals surface area contributed by atoms with Crippen molar-refractivity contribution in [2.45, 2.75) is 27.2 Å². The van der Waals surface area contributed by atoms with Gasteiger partial charge >= 0.3 is 0 Å². The van der Waals surface area contributed by atoms with Crippen molar-refractivity contribution in [2.24, 2.45) is 11.8 Å². The van der Waals surface area contributed by atoms with Crippen LogP contribution in [0.15, 0.2) is 43.1 Å². The number of allylic oxidation sites excluding steroid dienone is 1. The van der Waals surface area contributed by atoms with Crippen LogP contribution in [0.4, 0.5) is 0 Å². The van der Waals surface area contributed by atoms with Gasteiger partial charge < -0.3 is 10.1 Å². The number of hydrogen-bond acceptors (Lipinski definition) is 2. The molecule has 2 atom stereocenters. The molecule has 0 spiro atoms. The molecule has 1 N–H and O–H groups in total. The molecule has 1 rings (SSSR count). The fourth-order valence-corrected chi connectivity index (χ4v) is 2.09. The fraction of sp³-hybridized carbons (Fsp3) is 0.444. The first-order valence-corrected chi connectivity index (χ1v) is 7.16. The molecule has 20 heavy (non-hydrogen) atoms. The molecule has 0 amide bonds. The summed E-state index contributed by atoms with van der Waals surface area (Å²) in [5, 5.41) is 3.40. The van der Waals surface area contributed by atoms with E-state index in [4.69, 9.17) is 4.74 Å². The second-order valence-electron chi connectivity index (χ2n) is 5.53. The Kier molecular flexibility index (Phi) is 6.37. The van der Waals surface area contributed by atoms with E-state index in [2.05, 4.69) is 51.4 Å². The Morgan fingerprint density at radius 3 is 2.65 bits per heavy atom. The van der Waals surface area contributed by atoms with E-state index in [9.17, 15) is 0 Å². The SMILES string of the molecule is C=C[C@H](C)CNC(=C)[C@H](C)Cc1ccc(OC)c(C)c1. The van der Waals surface area contributed by atoms with Crippen molar-refractivity contribution >= 4 is 0 Å². The number of benzene rings is 1. The van der Waals surface area contributed by atoms with E-state index in [0.717, 1.165) is 24.4 Å². The quantitative estimate of drug-likeness (QED) is 0.720. The molecule has 0 aliphatic heterocycles. The van der Waals surface area contributed by atoms with E-state index < -0.39 is 0 Å². The Labute approximate surface area is 123 Å². The first-order valence-electron chi connectivity index (χ1n) is 7.16. The highest BCUT2D eigenvalue weighted by molar-refractivity contribution is 5.36. The topological polar surface area (TPSA) is 21.3 Å². The third kappa shape index (κ3) is 4.76. The Morgan fingerprint density at radius 2 is 2.10 bits per heavy atom. The van der Waals surface area contributed by atoms with E-state index >= 15 is 0 Å². The van der Waals surface area contributed by atoms with Crippen LogP contribution < -0.4 is 10.1 Å². The molecule has 0 fully saturated rings. The average Bonchev–Trinajstić information content (AvgIpc) is 2.44. The highest BCUT2D eigenvalue weighted by Gasteiger charge is 2.09. The van der Waals surface area contributed by atoms with Crippen molar-refractivity contribution < 1.29 is 4.74 Å². The fourth-order valence-electron chi connectivity index (χ4n) is 2.09. The van der Waals surface area contributed by atoms with E-state index in [0.29, 0.717) is 11.8 Å². The number of ether oxygens (including phenoxy) is 1. The summed E-state index contributed by atoms with van der Waals surface area (Å²) in [5.41, 5.74) is 3.58. The summed E-state index contributed by atoms with van der Waals surface area (Å²) in [4.78, 5) is 0. The molecule has 0 aromatic heterocycles. The molecule has 1 aromatic carbocycles. The van der Waals surface area contributed by atoms with Gasteiger partial charge in [0.15, 0.2) is 0 Å². The number of methoxy groups -OCH3 is 1. The summed E-state index contributed by atoms with van der Waals surface area (Å²) >= 11 is 0. The highest BCUT2D eigenvalue weighted by Crippen LogP contribution is 2.21. The Bertz CT molecular complexity index is 464. The van der Waals surface area contributed by atoms with Crippen LogP contribution in [0, 0.1) is 18.8 Å². The maximum atomic E-state index is 5.29. The molecule has 2 heteroatoms. The van der Waals surface area contributed by atoms with E-state index in [1.807, 2.05) is 12.1 Å². The van der Waals surface area contributed by atoms with Crippen molar-refractivity contribution in [1.29, 1.82) is 0 Å². The summed E-state index contributed by atoms with van der Waals surface area (Å²) in [6, 6.07) is 6.35. The van der Waals surface area contributed by atoms with Crippen LogP contribution in [0.3, 0.4) is 0 Å². The number of rotatable bonds is 8. The predicted octanol–water partition coefficient (Wildman–Crippen LogP) is 4.11. The number of aryl methyl sites for hydroxylation is 1. The van der Waals surface area contributed by atoms with Gasteiger partial charge in [0.25, 0.3) is 0 Å². The summed E-state index contributed by atoms with van der Waals surface area (Å²) < 4.78 is 5.29. The van der Waals surface area contributed by atoms with Crippen molar-refractivity contribution in [3.63, 3.8) is 0 Å². The van der Waals surface area contributed by atoms with Crippen LogP contribution >= 0.6 is 0 Å².